The van der Waals surface area contributed by atoms with Gasteiger partial charge in [-0.2, -0.15) is 0 Å². The number of aldehydes is 1. The zero-order valence-corrected chi connectivity index (χ0v) is 6.79. The minimum Gasteiger partial charge on any atom is -0.302 e. The predicted octanol–water partition coefficient (Wildman–Crippen LogP) is 0.480. The summed E-state index contributed by atoms with van der Waals surface area (Å²) in [5, 5.41) is 0. The lowest BCUT2D eigenvalue weighted by Crippen LogP contribution is -2.32. The first-order valence-electron chi connectivity index (χ1n) is 3.87. The molecule has 0 aromatic heterocycles. The van der Waals surface area contributed by atoms with E-state index >= 15 is 0 Å². The first-order chi connectivity index (χ1) is 5.93. The molecule has 0 saturated heterocycles. The fraction of sp³-hybridized carbons (Fsp3) is 0.222. The Labute approximate surface area is 71.8 Å². The van der Waals surface area contributed by atoms with E-state index in [1.54, 1.807) is 0 Å². The first kappa shape index (κ1) is 8.90. The van der Waals surface area contributed by atoms with Crippen LogP contribution in [0.2, 0.25) is 0 Å². The highest BCUT2D eigenvalue weighted by Crippen LogP contribution is 1.95. The van der Waals surface area contributed by atoms with Crippen molar-refractivity contribution in [2.75, 3.05) is 6.54 Å². The van der Waals surface area contributed by atoms with Crippen molar-refractivity contribution < 1.29 is 4.79 Å². The number of carbonyl (C=O) groups excluding carboxylic acids is 1. The number of benzene rings is 1. The molecule has 0 aliphatic rings. The van der Waals surface area contributed by atoms with E-state index in [0.717, 1.165) is 12.8 Å². The predicted molar refractivity (Wildman–Crippen MR) is 47.3 cm³/mol. The van der Waals surface area contributed by atoms with Crippen LogP contribution in [0.3, 0.4) is 0 Å². The van der Waals surface area contributed by atoms with E-state index in [9.17, 15) is 4.79 Å². The maximum absolute atomic E-state index is 9.91. The van der Waals surface area contributed by atoms with Crippen LogP contribution in [0.15, 0.2) is 30.3 Å². The molecule has 0 aliphatic carbocycles. The lowest BCUT2D eigenvalue weighted by molar-refractivity contribution is -0.107. The third-order valence-electron chi connectivity index (χ3n) is 1.45. The number of carbonyl (C=O) groups is 1. The summed E-state index contributed by atoms with van der Waals surface area (Å²) in [5.74, 6) is 0. The lowest BCUT2D eigenvalue weighted by Gasteiger charge is -2.02. The van der Waals surface area contributed by atoms with Crippen molar-refractivity contribution >= 4 is 6.29 Å². The Kier molecular flexibility index (Phi) is 4.05. The molecule has 0 fully saturated rings. The van der Waals surface area contributed by atoms with Crippen molar-refractivity contribution in [1.82, 2.24) is 10.9 Å². The minimum absolute atomic E-state index is 0.340. The van der Waals surface area contributed by atoms with E-state index in [2.05, 4.69) is 10.9 Å². The van der Waals surface area contributed by atoms with E-state index in [1.807, 2.05) is 30.3 Å². The second-order valence-electron chi connectivity index (χ2n) is 2.39. The Hall–Kier alpha value is -1.19. The van der Waals surface area contributed by atoms with Gasteiger partial charge in [0.2, 0.25) is 0 Å². The van der Waals surface area contributed by atoms with Gasteiger partial charge in [-0.1, -0.05) is 30.3 Å². The average molecular weight is 164 g/mol. The second kappa shape index (κ2) is 5.46. The molecule has 0 atom stereocenters. The van der Waals surface area contributed by atoms with Crippen molar-refractivity contribution in [3.05, 3.63) is 35.9 Å². The molecule has 0 saturated carbocycles. The van der Waals surface area contributed by atoms with Crippen LogP contribution in [0.1, 0.15) is 5.56 Å². The van der Waals surface area contributed by atoms with Crippen LogP contribution < -0.4 is 10.9 Å². The van der Waals surface area contributed by atoms with E-state index in [0.29, 0.717) is 6.54 Å². The maximum atomic E-state index is 9.91. The third kappa shape index (κ3) is 3.27. The zero-order valence-electron chi connectivity index (χ0n) is 6.79. The molecule has 64 valence electrons. The molecule has 0 bridgehead atoms. The molecule has 0 aliphatic heterocycles. The number of hydrogen-bond donors (Lipinski definition) is 2. The summed E-state index contributed by atoms with van der Waals surface area (Å²) in [6.07, 6.45) is 0.817. The van der Waals surface area contributed by atoms with Crippen LogP contribution in [0.25, 0.3) is 0 Å². The van der Waals surface area contributed by atoms with Crippen LogP contribution in [0.5, 0.6) is 0 Å². The molecule has 1 aromatic rings. The molecule has 3 nitrogen and oxygen atoms in total. The molecule has 0 amide bonds. The molecule has 12 heavy (non-hydrogen) atoms. The van der Waals surface area contributed by atoms with Crippen molar-refractivity contribution in [2.24, 2.45) is 0 Å². The maximum Gasteiger partial charge on any atom is 0.135 e. The number of rotatable bonds is 5. The van der Waals surface area contributed by atoms with Crippen molar-refractivity contribution in [3.63, 3.8) is 0 Å². The SMILES string of the molecule is O=CCNNCc1ccccc1. The minimum atomic E-state index is 0.340. The molecular weight excluding hydrogens is 152 g/mol. The quantitative estimate of drug-likeness (QED) is 0.378. The summed E-state index contributed by atoms with van der Waals surface area (Å²) in [6, 6.07) is 9.99. The Morgan fingerprint density at radius 1 is 1.17 bits per heavy atom. The van der Waals surface area contributed by atoms with Crippen LogP contribution in [-0.2, 0) is 11.3 Å². The molecule has 0 heterocycles. The van der Waals surface area contributed by atoms with Crippen molar-refractivity contribution in [2.45, 2.75) is 6.54 Å². The van der Waals surface area contributed by atoms with Gasteiger partial charge >= 0.3 is 0 Å². The Morgan fingerprint density at radius 3 is 2.58 bits per heavy atom. The van der Waals surface area contributed by atoms with Gasteiger partial charge in [-0.3, -0.25) is 10.9 Å². The highest BCUT2D eigenvalue weighted by molar-refractivity contribution is 5.51. The van der Waals surface area contributed by atoms with Gasteiger partial charge in [0, 0.05) is 6.54 Å². The molecule has 1 rings (SSSR count). The molecule has 0 unspecified atom stereocenters. The average Bonchev–Trinajstić information content (AvgIpc) is 2.14. The molecule has 3 heteroatoms. The number of hydrazine groups is 1. The van der Waals surface area contributed by atoms with E-state index < -0.39 is 0 Å². The van der Waals surface area contributed by atoms with E-state index in [1.165, 1.54) is 5.56 Å². The van der Waals surface area contributed by atoms with Gasteiger partial charge < -0.3 is 4.79 Å². The van der Waals surface area contributed by atoms with Gasteiger partial charge in [-0.25, -0.2) is 0 Å². The van der Waals surface area contributed by atoms with E-state index in [4.69, 9.17) is 0 Å². The van der Waals surface area contributed by atoms with Gasteiger partial charge in [-0.15, -0.1) is 0 Å². The van der Waals surface area contributed by atoms with Crippen molar-refractivity contribution in [1.29, 1.82) is 0 Å². The van der Waals surface area contributed by atoms with Gasteiger partial charge in [0.25, 0.3) is 0 Å². The summed E-state index contributed by atoms with van der Waals surface area (Å²) >= 11 is 0. The molecular formula is C9H12N2O. The number of nitrogens with one attached hydrogen (secondary N) is 2. The van der Waals surface area contributed by atoms with Crippen LogP contribution >= 0.6 is 0 Å². The largest absolute Gasteiger partial charge is 0.302 e. The summed E-state index contributed by atoms with van der Waals surface area (Å²) in [4.78, 5) is 9.91. The summed E-state index contributed by atoms with van der Waals surface area (Å²) in [5.41, 5.74) is 6.88. The molecule has 0 spiro atoms. The Bertz CT molecular complexity index is 223. The topological polar surface area (TPSA) is 41.1 Å². The second-order valence-corrected chi connectivity index (χ2v) is 2.39. The monoisotopic (exact) mass is 164 g/mol. The normalized spacial score (nSPS) is 9.67. The third-order valence-corrected chi connectivity index (χ3v) is 1.45. The van der Waals surface area contributed by atoms with Gasteiger partial charge in [0.1, 0.15) is 6.29 Å². The fourth-order valence-electron chi connectivity index (χ4n) is 0.874. The standard InChI is InChI=1S/C9H12N2O/c12-7-6-10-11-8-9-4-2-1-3-5-9/h1-5,7,10-11H,6,8H2. The van der Waals surface area contributed by atoms with E-state index in [-0.39, 0.29) is 0 Å². The highest BCUT2D eigenvalue weighted by atomic mass is 16.1. The van der Waals surface area contributed by atoms with Crippen LogP contribution in [0, 0.1) is 0 Å². The highest BCUT2D eigenvalue weighted by Gasteiger charge is 1.87. The fourth-order valence-corrected chi connectivity index (χ4v) is 0.874. The van der Waals surface area contributed by atoms with Crippen molar-refractivity contribution in [3.8, 4) is 0 Å². The number of hydrogen-bond acceptors (Lipinski definition) is 3. The first-order valence-corrected chi connectivity index (χ1v) is 3.87. The molecule has 0 radical (unpaired) electrons. The van der Waals surface area contributed by atoms with Gasteiger partial charge in [0.05, 0.1) is 6.54 Å². The summed E-state index contributed by atoms with van der Waals surface area (Å²) < 4.78 is 0. The Balaban J connectivity index is 2.20. The Morgan fingerprint density at radius 2 is 1.92 bits per heavy atom. The zero-order chi connectivity index (χ0) is 8.65. The van der Waals surface area contributed by atoms with Crippen LogP contribution in [-0.4, -0.2) is 12.8 Å². The van der Waals surface area contributed by atoms with Gasteiger partial charge in [-0.05, 0) is 5.56 Å². The summed E-state index contributed by atoms with van der Waals surface area (Å²) in [6.45, 7) is 1.07. The molecule has 2 N–H and O–H groups in total. The van der Waals surface area contributed by atoms with Crippen LogP contribution in [0.4, 0.5) is 0 Å². The molecule has 1 aromatic carbocycles. The lowest BCUT2D eigenvalue weighted by atomic mass is 10.2. The smallest absolute Gasteiger partial charge is 0.135 e. The van der Waals surface area contributed by atoms with Gasteiger partial charge in [0.15, 0.2) is 0 Å². The summed E-state index contributed by atoms with van der Waals surface area (Å²) in [7, 11) is 0.